The maximum Gasteiger partial charge on any atom is 0.310 e. The Kier molecular flexibility index (Phi) is 4.71. The second-order valence-corrected chi connectivity index (χ2v) is 6.54. The number of hydrogen-bond acceptors (Lipinski definition) is 5. The van der Waals surface area contributed by atoms with Gasteiger partial charge < -0.3 is 9.64 Å². The van der Waals surface area contributed by atoms with Crippen LogP contribution in [0.5, 0.6) is 0 Å². The molecule has 1 atom stereocenters. The lowest BCUT2D eigenvalue weighted by atomic mass is 9.98. The van der Waals surface area contributed by atoms with Crippen LogP contribution < -0.4 is 0 Å². The molecule has 0 spiro atoms. The van der Waals surface area contributed by atoms with E-state index in [2.05, 4.69) is 4.98 Å². The normalized spacial score (nSPS) is 17.8. The minimum absolute atomic E-state index is 0.0571. The highest BCUT2D eigenvalue weighted by molar-refractivity contribution is 7.16. The zero-order chi connectivity index (χ0) is 16.2. The number of thiazole rings is 1. The van der Waals surface area contributed by atoms with Crippen LogP contribution in [0.25, 0.3) is 10.6 Å². The van der Waals surface area contributed by atoms with Crippen molar-refractivity contribution >= 4 is 23.2 Å². The SMILES string of the molecule is COC(=O)C1CCCN(C(=O)c2cnc(-c3ccccc3)s2)C1. The van der Waals surface area contributed by atoms with Crippen LogP contribution in [-0.4, -0.2) is 42.0 Å². The maximum atomic E-state index is 12.6. The number of carbonyl (C=O) groups is 2. The Morgan fingerprint density at radius 1 is 1.30 bits per heavy atom. The average molecular weight is 330 g/mol. The fraction of sp³-hybridized carbons (Fsp3) is 0.353. The molecule has 1 unspecified atom stereocenters. The molecule has 0 saturated carbocycles. The van der Waals surface area contributed by atoms with Crippen molar-refractivity contribution in [2.45, 2.75) is 12.8 Å². The first-order valence-corrected chi connectivity index (χ1v) is 8.39. The summed E-state index contributed by atoms with van der Waals surface area (Å²) < 4.78 is 4.80. The Morgan fingerprint density at radius 3 is 2.83 bits per heavy atom. The number of aromatic nitrogens is 1. The highest BCUT2D eigenvalue weighted by Crippen LogP contribution is 2.27. The fourth-order valence-electron chi connectivity index (χ4n) is 2.76. The summed E-state index contributed by atoms with van der Waals surface area (Å²) >= 11 is 1.38. The highest BCUT2D eigenvalue weighted by atomic mass is 32.1. The standard InChI is InChI=1S/C17H18N2O3S/c1-22-17(21)13-8-5-9-19(11-13)16(20)14-10-18-15(23-14)12-6-3-2-4-7-12/h2-4,6-7,10,13H,5,8-9,11H2,1H3. The minimum atomic E-state index is -0.239. The second-order valence-electron chi connectivity index (χ2n) is 5.51. The van der Waals surface area contributed by atoms with Gasteiger partial charge >= 0.3 is 5.97 Å². The molecule has 6 heteroatoms. The molecule has 120 valence electrons. The zero-order valence-corrected chi connectivity index (χ0v) is 13.7. The first-order valence-electron chi connectivity index (χ1n) is 7.57. The summed E-state index contributed by atoms with van der Waals surface area (Å²) in [6, 6.07) is 9.79. The molecule has 5 nitrogen and oxygen atoms in total. The number of amides is 1. The number of ether oxygens (including phenoxy) is 1. The summed E-state index contributed by atoms with van der Waals surface area (Å²) in [6.45, 7) is 1.09. The van der Waals surface area contributed by atoms with Gasteiger partial charge in [0.15, 0.2) is 0 Å². The van der Waals surface area contributed by atoms with Gasteiger partial charge in [-0.2, -0.15) is 0 Å². The molecule has 1 aliphatic heterocycles. The van der Waals surface area contributed by atoms with E-state index in [0.717, 1.165) is 23.4 Å². The van der Waals surface area contributed by atoms with Crippen molar-refractivity contribution in [2.75, 3.05) is 20.2 Å². The van der Waals surface area contributed by atoms with Crippen molar-refractivity contribution in [3.8, 4) is 10.6 Å². The van der Waals surface area contributed by atoms with Crippen molar-refractivity contribution in [1.82, 2.24) is 9.88 Å². The van der Waals surface area contributed by atoms with Gasteiger partial charge in [-0.05, 0) is 12.8 Å². The number of benzene rings is 1. The molecular weight excluding hydrogens is 312 g/mol. The third-order valence-corrected chi connectivity index (χ3v) is 5.01. The summed E-state index contributed by atoms with van der Waals surface area (Å²) in [6.07, 6.45) is 3.21. The predicted molar refractivity (Wildman–Crippen MR) is 88.2 cm³/mol. The maximum absolute atomic E-state index is 12.6. The Labute approximate surface area is 138 Å². The van der Waals surface area contributed by atoms with Crippen molar-refractivity contribution in [1.29, 1.82) is 0 Å². The Morgan fingerprint density at radius 2 is 2.09 bits per heavy atom. The summed E-state index contributed by atoms with van der Waals surface area (Å²) in [5.74, 6) is -0.519. The van der Waals surface area contributed by atoms with Crippen molar-refractivity contribution in [3.05, 3.63) is 41.4 Å². The highest BCUT2D eigenvalue weighted by Gasteiger charge is 2.30. The zero-order valence-electron chi connectivity index (χ0n) is 12.9. The van der Waals surface area contributed by atoms with Crippen LogP contribution in [0.15, 0.2) is 36.5 Å². The molecule has 1 fully saturated rings. The van der Waals surface area contributed by atoms with Crippen LogP contribution in [-0.2, 0) is 9.53 Å². The molecule has 3 rings (SSSR count). The number of carbonyl (C=O) groups excluding carboxylic acids is 2. The average Bonchev–Trinajstić information content (AvgIpc) is 3.11. The molecule has 0 aliphatic carbocycles. The summed E-state index contributed by atoms with van der Waals surface area (Å²) in [5, 5.41) is 0.829. The van der Waals surface area contributed by atoms with Gasteiger partial charge in [0.25, 0.3) is 5.91 Å². The molecule has 23 heavy (non-hydrogen) atoms. The van der Waals surface area contributed by atoms with E-state index in [0.29, 0.717) is 18.0 Å². The molecular formula is C17H18N2O3S. The van der Waals surface area contributed by atoms with Gasteiger partial charge in [0.05, 0.1) is 19.2 Å². The van der Waals surface area contributed by atoms with Crippen molar-refractivity contribution < 1.29 is 14.3 Å². The van der Waals surface area contributed by atoms with Crippen LogP contribution in [0.4, 0.5) is 0 Å². The lowest BCUT2D eigenvalue weighted by molar-refractivity contribution is -0.146. The molecule has 2 heterocycles. The number of esters is 1. The monoisotopic (exact) mass is 330 g/mol. The number of nitrogens with zero attached hydrogens (tertiary/aromatic N) is 2. The number of hydrogen-bond donors (Lipinski definition) is 0. The van der Waals surface area contributed by atoms with E-state index in [1.807, 2.05) is 30.3 Å². The number of likely N-dealkylation sites (tertiary alicyclic amines) is 1. The molecule has 1 aromatic heterocycles. The van der Waals surface area contributed by atoms with E-state index in [1.54, 1.807) is 11.1 Å². The third kappa shape index (κ3) is 3.42. The molecule has 0 bridgehead atoms. The Balaban J connectivity index is 1.73. The topological polar surface area (TPSA) is 59.5 Å². The largest absolute Gasteiger partial charge is 0.469 e. The quantitative estimate of drug-likeness (QED) is 0.812. The van der Waals surface area contributed by atoms with Crippen molar-refractivity contribution in [3.63, 3.8) is 0 Å². The first-order chi connectivity index (χ1) is 11.2. The van der Waals surface area contributed by atoms with E-state index in [-0.39, 0.29) is 17.8 Å². The molecule has 1 saturated heterocycles. The number of rotatable bonds is 3. The van der Waals surface area contributed by atoms with Crippen LogP contribution in [0.2, 0.25) is 0 Å². The molecule has 0 N–H and O–H groups in total. The number of methoxy groups -OCH3 is 1. The molecule has 1 aliphatic rings. The van der Waals surface area contributed by atoms with E-state index in [9.17, 15) is 9.59 Å². The van der Waals surface area contributed by atoms with E-state index in [4.69, 9.17) is 4.74 Å². The molecule has 2 aromatic rings. The third-order valence-electron chi connectivity index (χ3n) is 3.98. The van der Waals surface area contributed by atoms with Gasteiger partial charge in [-0.15, -0.1) is 11.3 Å². The lowest BCUT2D eigenvalue weighted by Crippen LogP contribution is -2.42. The van der Waals surface area contributed by atoms with Gasteiger partial charge in [0.1, 0.15) is 9.88 Å². The summed E-state index contributed by atoms with van der Waals surface area (Å²) in [5.41, 5.74) is 1.00. The number of piperidine rings is 1. The van der Waals surface area contributed by atoms with Gasteiger partial charge in [-0.1, -0.05) is 30.3 Å². The van der Waals surface area contributed by atoms with Crippen LogP contribution in [0, 0.1) is 5.92 Å². The van der Waals surface area contributed by atoms with Gasteiger partial charge in [-0.3, -0.25) is 9.59 Å². The smallest absolute Gasteiger partial charge is 0.310 e. The fourth-order valence-corrected chi connectivity index (χ4v) is 3.65. The Hall–Kier alpha value is -2.21. The predicted octanol–water partition coefficient (Wildman–Crippen LogP) is 2.84. The van der Waals surface area contributed by atoms with E-state index < -0.39 is 0 Å². The summed E-state index contributed by atoms with van der Waals surface area (Å²) in [4.78, 5) is 31.0. The van der Waals surface area contributed by atoms with Gasteiger partial charge in [-0.25, -0.2) is 4.98 Å². The van der Waals surface area contributed by atoms with E-state index in [1.165, 1.54) is 18.4 Å². The van der Waals surface area contributed by atoms with Gasteiger partial charge in [0, 0.05) is 18.7 Å². The van der Waals surface area contributed by atoms with Crippen molar-refractivity contribution in [2.24, 2.45) is 5.92 Å². The van der Waals surface area contributed by atoms with Crippen LogP contribution in [0.1, 0.15) is 22.5 Å². The van der Waals surface area contributed by atoms with Crippen LogP contribution >= 0.6 is 11.3 Å². The molecule has 1 amide bonds. The van der Waals surface area contributed by atoms with Crippen LogP contribution in [0.3, 0.4) is 0 Å². The minimum Gasteiger partial charge on any atom is -0.469 e. The molecule has 0 radical (unpaired) electrons. The summed E-state index contributed by atoms with van der Waals surface area (Å²) in [7, 11) is 1.39. The molecule has 1 aromatic carbocycles. The van der Waals surface area contributed by atoms with Gasteiger partial charge in [0.2, 0.25) is 0 Å². The van der Waals surface area contributed by atoms with E-state index >= 15 is 0 Å². The first kappa shape index (κ1) is 15.7. The second kappa shape index (κ2) is 6.91. The lowest BCUT2D eigenvalue weighted by Gasteiger charge is -2.30. The Bertz CT molecular complexity index is 699.